The second kappa shape index (κ2) is 4.69. The zero-order chi connectivity index (χ0) is 13.2. The molecule has 0 bridgehead atoms. The van der Waals surface area contributed by atoms with Crippen molar-refractivity contribution in [2.75, 3.05) is 0 Å². The van der Waals surface area contributed by atoms with Gasteiger partial charge in [0.1, 0.15) is 5.69 Å². The molecule has 0 amide bonds. The fraction of sp³-hybridized carbons (Fsp3) is 0.125. The van der Waals surface area contributed by atoms with E-state index in [0.717, 1.165) is 28.3 Å². The van der Waals surface area contributed by atoms with Gasteiger partial charge in [0.05, 0.1) is 5.69 Å². The summed E-state index contributed by atoms with van der Waals surface area (Å²) in [6.07, 6.45) is 7.83. The lowest BCUT2D eigenvalue weighted by Crippen LogP contribution is -1.92. The first-order valence-corrected chi connectivity index (χ1v) is 6.29. The third-order valence-electron chi connectivity index (χ3n) is 3.28. The van der Waals surface area contributed by atoms with Gasteiger partial charge in [-0.1, -0.05) is 36.4 Å². The van der Waals surface area contributed by atoms with Crippen LogP contribution in [0, 0.1) is 13.8 Å². The van der Waals surface area contributed by atoms with Crippen molar-refractivity contribution in [3.63, 3.8) is 0 Å². The van der Waals surface area contributed by atoms with E-state index in [2.05, 4.69) is 39.5 Å². The van der Waals surface area contributed by atoms with E-state index in [1.54, 1.807) is 0 Å². The van der Waals surface area contributed by atoms with Gasteiger partial charge in [-0.25, -0.2) is 4.98 Å². The lowest BCUT2D eigenvalue weighted by atomic mass is 10.2. The Morgan fingerprint density at radius 1 is 1.05 bits per heavy atom. The summed E-state index contributed by atoms with van der Waals surface area (Å²) in [7, 11) is 0. The van der Waals surface area contributed by atoms with Gasteiger partial charge in [0.25, 0.3) is 0 Å². The van der Waals surface area contributed by atoms with Crippen LogP contribution >= 0.6 is 0 Å². The topological polar surface area (TPSA) is 30.2 Å². The standard InChI is InChI=1S/C16H15N3/c1-12-13(2)19-11-10-17-15(16(19)18-12)9-8-14-6-4-3-5-7-14/h3-11H,1-2H3/b9-8+. The lowest BCUT2D eigenvalue weighted by molar-refractivity contribution is 1.06. The van der Waals surface area contributed by atoms with E-state index in [9.17, 15) is 0 Å². The molecule has 2 heterocycles. The first-order chi connectivity index (χ1) is 9.25. The van der Waals surface area contributed by atoms with Crippen molar-refractivity contribution in [1.82, 2.24) is 14.4 Å². The maximum Gasteiger partial charge on any atom is 0.163 e. The highest BCUT2D eigenvalue weighted by molar-refractivity contribution is 5.74. The predicted molar refractivity (Wildman–Crippen MR) is 77.8 cm³/mol. The molecule has 19 heavy (non-hydrogen) atoms. The van der Waals surface area contributed by atoms with Crippen molar-refractivity contribution in [3.05, 3.63) is 65.4 Å². The van der Waals surface area contributed by atoms with Crippen molar-refractivity contribution < 1.29 is 0 Å². The second-order valence-electron chi connectivity index (χ2n) is 4.53. The molecule has 0 aliphatic rings. The number of hydrogen-bond acceptors (Lipinski definition) is 2. The minimum atomic E-state index is 0.891. The van der Waals surface area contributed by atoms with Crippen LogP contribution in [0.15, 0.2) is 42.7 Å². The van der Waals surface area contributed by atoms with Crippen LogP contribution in [0.25, 0.3) is 17.8 Å². The molecule has 0 unspecified atom stereocenters. The van der Waals surface area contributed by atoms with E-state index in [0.29, 0.717) is 0 Å². The molecule has 3 aromatic rings. The van der Waals surface area contributed by atoms with E-state index in [4.69, 9.17) is 0 Å². The number of hydrogen-bond donors (Lipinski definition) is 0. The number of aryl methyl sites for hydroxylation is 2. The monoisotopic (exact) mass is 249 g/mol. The summed E-state index contributed by atoms with van der Waals surface area (Å²) in [4.78, 5) is 8.98. The Morgan fingerprint density at radius 2 is 1.84 bits per heavy atom. The zero-order valence-electron chi connectivity index (χ0n) is 11.0. The van der Waals surface area contributed by atoms with Crippen molar-refractivity contribution in [3.8, 4) is 0 Å². The van der Waals surface area contributed by atoms with Gasteiger partial charge in [0, 0.05) is 18.1 Å². The summed E-state index contributed by atoms with van der Waals surface area (Å²) in [6, 6.07) is 10.2. The Labute approximate surface area is 112 Å². The molecule has 0 saturated carbocycles. The summed E-state index contributed by atoms with van der Waals surface area (Å²) < 4.78 is 2.08. The Bertz CT molecular complexity index is 739. The van der Waals surface area contributed by atoms with Crippen molar-refractivity contribution in [1.29, 1.82) is 0 Å². The first-order valence-electron chi connectivity index (χ1n) is 6.29. The van der Waals surface area contributed by atoms with Gasteiger partial charge < -0.3 is 4.40 Å². The maximum atomic E-state index is 4.57. The normalized spacial score (nSPS) is 11.5. The van der Waals surface area contributed by atoms with Crippen molar-refractivity contribution >= 4 is 17.8 Å². The van der Waals surface area contributed by atoms with Gasteiger partial charge >= 0.3 is 0 Å². The SMILES string of the molecule is Cc1nc2c(/C=C/c3ccccc3)nccn2c1C. The fourth-order valence-corrected chi connectivity index (χ4v) is 2.08. The number of rotatable bonds is 2. The smallest absolute Gasteiger partial charge is 0.163 e. The largest absolute Gasteiger partial charge is 0.301 e. The summed E-state index contributed by atoms with van der Waals surface area (Å²) in [5, 5.41) is 0. The van der Waals surface area contributed by atoms with E-state index in [1.165, 1.54) is 0 Å². The minimum Gasteiger partial charge on any atom is -0.301 e. The predicted octanol–water partition coefficient (Wildman–Crippen LogP) is 3.52. The molecule has 2 aromatic heterocycles. The first kappa shape index (κ1) is 11.7. The lowest BCUT2D eigenvalue weighted by Gasteiger charge is -1.98. The molecule has 1 aromatic carbocycles. The molecule has 0 fully saturated rings. The maximum absolute atomic E-state index is 4.57. The molecule has 0 aliphatic carbocycles. The zero-order valence-corrected chi connectivity index (χ0v) is 11.0. The molecule has 3 rings (SSSR count). The fourth-order valence-electron chi connectivity index (χ4n) is 2.08. The van der Waals surface area contributed by atoms with E-state index >= 15 is 0 Å². The third kappa shape index (κ3) is 2.15. The molecule has 0 saturated heterocycles. The Kier molecular flexibility index (Phi) is 2.88. The number of imidazole rings is 1. The Morgan fingerprint density at radius 3 is 2.63 bits per heavy atom. The van der Waals surface area contributed by atoms with Crippen LogP contribution in [-0.2, 0) is 0 Å². The van der Waals surface area contributed by atoms with E-state index < -0.39 is 0 Å². The van der Waals surface area contributed by atoms with Gasteiger partial charge in [0.15, 0.2) is 5.65 Å². The van der Waals surface area contributed by atoms with Crippen LogP contribution in [0.2, 0.25) is 0 Å². The molecule has 0 N–H and O–H groups in total. The Hall–Kier alpha value is -2.42. The molecule has 3 heteroatoms. The molecular formula is C16H15N3. The minimum absolute atomic E-state index is 0.891. The number of aromatic nitrogens is 3. The van der Waals surface area contributed by atoms with Crippen LogP contribution in [0.5, 0.6) is 0 Å². The van der Waals surface area contributed by atoms with Crippen molar-refractivity contribution in [2.24, 2.45) is 0 Å². The second-order valence-corrected chi connectivity index (χ2v) is 4.53. The van der Waals surface area contributed by atoms with Crippen LogP contribution in [0.4, 0.5) is 0 Å². The quantitative estimate of drug-likeness (QED) is 0.695. The highest BCUT2D eigenvalue weighted by Gasteiger charge is 2.07. The molecule has 0 atom stereocenters. The summed E-state index contributed by atoms with van der Waals surface area (Å²) in [5.74, 6) is 0. The molecule has 0 radical (unpaired) electrons. The number of benzene rings is 1. The average molecular weight is 249 g/mol. The number of nitrogens with zero attached hydrogens (tertiary/aromatic N) is 3. The average Bonchev–Trinajstić information content (AvgIpc) is 2.74. The summed E-state index contributed by atoms with van der Waals surface area (Å²) >= 11 is 0. The van der Waals surface area contributed by atoms with Crippen LogP contribution < -0.4 is 0 Å². The van der Waals surface area contributed by atoms with Crippen LogP contribution in [0.1, 0.15) is 22.6 Å². The van der Waals surface area contributed by atoms with E-state index in [-0.39, 0.29) is 0 Å². The van der Waals surface area contributed by atoms with Gasteiger partial charge in [-0.3, -0.25) is 4.98 Å². The summed E-state index contributed by atoms with van der Waals surface area (Å²) in [6.45, 7) is 4.09. The van der Waals surface area contributed by atoms with Gasteiger partial charge in [-0.2, -0.15) is 0 Å². The molecule has 94 valence electrons. The molecule has 0 aliphatic heterocycles. The highest BCUT2D eigenvalue weighted by atomic mass is 15.0. The molecule has 3 nitrogen and oxygen atoms in total. The van der Waals surface area contributed by atoms with Gasteiger partial charge in [-0.15, -0.1) is 0 Å². The van der Waals surface area contributed by atoms with Crippen molar-refractivity contribution in [2.45, 2.75) is 13.8 Å². The van der Waals surface area contributed by atoms with Gasteiger partial charge in [-0.05, 0) is 25.5 Å². The highest BCUT2D eigenvalue weighted by Crippen LogP contribution is 2.15. The molecule has 0 spiro atoms. The third-order valence-corrected chi connectivity index (χ3v) is 3.28. The Balaban J connectivity index is 2.06. The summed E-state index contributed by atoms with van der Waals surface area (Å²) in [5.41, 5.74) is 5.16. The number of fused-ring (bicyclic) bond motifs is 1. The van der Waals surface area contributed by atoms with E-state index in [1.807, 2.05) is 43.6 Å². The van der Waals surface area contributed by atoms with Crippen LogP contribution in [0.3, 0.4) is 0 Å². The molecular weight excluding hydrogens is 234 g/mol. The van der Waals surface area contributed by atoms with Gasteiger partial charge in [0.2, 0.25) is 0 Å². The van der Waals surface area contributed by atoms with Crippen LogP contribution in [-0.4, -0.2) is 14.4 Å².